The zero-order valence-electron chi connectivity index (χ0n) is 10.4. The summed E-state index contributed by atoms with van der Waals surface area (Å²) in [6, 6.07) is 2.80. The van der Waals surface area contributed by atoms with Gasteiger partial charge < -0.3 is 10.6 Å². The molecule has 1 aromatic carbocycles. The van der Waals surface area contributed by atoms with E-state index in [0.29, 0.717) is 12.8 Å². The average Bonchev–Trinajstić information content (AvgIpc) is 2.82. The van der Waals surface area contributed by atoms with Crippen LogP contribution < -0.4 is 10.6 Å². The average molecular weight is 281 g/mol. The number of rotatable bonds is 4. The first kappa shape index (κ1) is 13.9. The maximum absolute atomic E-state index is 13.1. The summed E-state index contributed by atoms with van der Waals surface area (Å²) in [7, 11) is 0. The van der Waals surface area contributed by atoms with Gasteiger partial charge in [-0.05, 0) is 18.6 Å². The number of nitro benzene ring substituents is 1. The molecule has 2 N–H and O–H groups in total. The van der Waals surface area contributed by atoms with Crippen LogP contribution in [0.15, 0.2) is 18.2 Å². The fraction of sp³-hybridized carbons (Fsp3) is 0.333. The number of nitro groups is 1. The van der Waals surface area contributed by atoms with Crippen LogP contribution in [0.3, 0.4) is 0 Å². The second kappa shape index (κ2) is 5.64. The minimum Gasteiger partial charge on any atom is -0.352 e. The van der Waals surface area contributed by atoms with Crippen LogP contribution in [0.5, 0.6) is 0 Å². The Morgan fingerprint density at radius 1 is 1.55 bits per heavy atom. The van der Waals surface area contributed by atoms with E-state index in [0.717, 1.165) is 12.1 Å². The molecule has 1 aliphatic rings. The quantitative estimate of drug-likeness (QED) is 0.627. The van der Waals surface area contributed by atoms with Gasteiger partial charge in [-0.1, -0.05) is 0 Å². The second-order valence-electron chi connectivity index (χ2n) is 4.44. The first-order chi connectivity index (χ1) is 9.47. The van der Waals surface area contributed by atoms with Crippen molar-refractivity contribution < 1.29 is 18.9 Å². The van der Waals surface area contributed by atoms with Crippen LogP contribution in [0.2, 0.25) is 0 Å². The Bertz CT molecular complexity index is 576. The van der Waals surface area contributed by atoms with E-state index in [2.05, 4.69) is 10.6 Å². The molecule has 0 radical (unpaired) electrons. The van der Waals surface area contributed by atoms with Gasteiger partial charge in [0.2, 0.25) is 11.7 Å². The highest BCUT2D eigenvalue weighted by atomic mass is 19.1. The number of nitrogens with one attached hydrogen (secondary N) is 2. The molecule has 2 amide bonds. The highest BCUT2D eigenvalue weighted by Crippen LogP contribution is 2.18. The summed E-state index contributed by atoms with van der Waals surface area (Å²) in [6.07, 6.45) is 1.05. The van der Waals surface area contributed by atoms with Gasteiger partial charge in [0.25, 0.3) is 5.91 Å². The Hall–Kier alpha value is -2.51. The van der Waals surface area contributed by atoms with Crippen LogP contribution in [-0.4, -0.2) is 29.3 Å². The van der Waals surface area contributed by atoms with Gasteiger partial charge in [0, 0.05) is 30.6 Å². The number of nitrogens with zero attached hydrogens (tertiary/aromatic N) is 1. The monoisotopic (exact) mass is 281 g/mol. The zero-order chi connectivity index (χ0) is 14.7. The normalized spacial score (nSPS) is 17.6. The summed E-state index contributed by atoms with van der Waals surface area (Å²) in [6.45, 7) is 0.232. The minimum atomic E-state index is -0.991. The fourth-order valence-corrected chi connectivity index (χ4v) is 1.94. The van der Waals surface area contributed by atoms with E-state index in [4.69, 9.17) is 0 Å². The first-order valence-corrected chi connectivity index (χ1v) is 5.99. The Morgan fingerprint density at radius 2 is 2.30 bits per heavy atom. The van der Waals surface area contributed by atoms with E-state index >= 15 is 0 Å². The minimum absolute atomic E-state index is 0.00224. The summed E-state index contributed by atoms with van der Waals surface area (Å²) in [5, 5.41) is 15.8. The van der Waals surface area contributed by atoms with Crippen LogP contribution in [0, 0.1) is 15.9 Å². The van der Waals surface area contributed by atoms with Crippen molar-refractivity contribution >= 4 is 17.5 Å². The van der Waals surface area contributed by atoms with Crippen LogP contribution in [-0.2, 0) is 4.79 Å². The van der Waals surface area contributed by atoms with Gasteiger partial charge >= 0.3 is 5.69 Å². The summed E-state index contributed by atoms with van der Waals surface area (Å²) in [4.78, 5) is 32.5. The van der Waals surface area contributed by atoms with Crippen molar-refractivity contribution in [1.29, 1.82) is 0 Å². The van der Waals surface area contributed by atoms with E-state index < -0.39 is 22.3 Å². The van der Waals surface area contributed by atoms with Gasteiger partial charge in [0.05, 0.1) is 4.92 Å². The van der Waals surface area contributed by atoms with Crippen molar-refractivity contribution in [1.82, 2.24) is 10.6 Å². The van der Waals surface area contributed by atoms with Crippen LogP contribution in [0.25, 0.3) is 0 Å². The van der Waals surface area contributed by atoms with E-state index in [1.54, 1.807) is 0 Å². The lowest BCUT2D eigenvalue weighted by atomic mass is 10.1. The van der Waals surface area contributed by atoms with Gasteiger partial charge in [0.15, 0.2) is 0 Å². The molecule has 7 nitrogen and oxygen atoms in total. The Morgan fingerprint density at radius 3 is 2.90 bits per heavy atom. The highest BCUT2D eigenvalue weighted by molar-refractivity contribution is 5.94. The third kappa shape index (κ3) is 3.08. The van der Waals surface area contributed by atoms with E-state index in [1.807, 2.05) is 0 Å². The Labute approximate surface area is 113 Å². The van der Waals surface area contributed by atoms with E-state index in [1.165, 1.54) is 6.07 Å². The predicted molar refractivity (Wildman–Crippen MR) is 66.6 cm³/mol. The molecule has 0 saturated carbocycles. The molecular weight excluding hydrogens is 269 g/mol. The Kier molecular flexibility index (Phi) is 3.92. The molecule has 0 bridgehead atoms. The number of hydrogen-bond donors (Lipinski definition) is 2. The van der Waals surface area contributed by atoms with Crippen LogP contribution >= 0.6 is 0 Å². The molecule has 106 valence electrons. The molecule has 2 rings (SSSR count). The van der Waals surface area contributed by atoms with Crippen molar-refractivity contribution in [3.63, 3.8) is 0 Å². The molecule has 0 spiro atoms. The maximum Gasteiger partial charge on any atom is 0.305 e. The number of amides is 2. The number of hydrogen-bond acceptors (Lipinski definition) is 4. The number of benzene rings is 1. The summed E-state index contributed by atoms with van der Waals surface area (Å²) in [5.74, 6) is -1.61. The number of halogens is 1. The largest absolute Gasteiger partial charge is 0.352 e. The molecule has 1 atom stereocenters. The molecule has 1 fully saturated rings. The van der Waals surface area contributed by atoms with Crippen LogP contribution in [0.1, 0.15) is 23.2 Å². The summed E-state index contributed by atoms with van der Waals surface area (Å²) < 4.78 is 13.1. The summed E-state index contributed by atoms with van der Waals surface area (Å²) >= 11 is 0. The van der Waals surface area contributed by atoms with Gasteiger partial charge in [-0.15, -0.1) is 0 Å². The predicted octanol–water partition coefficient (Wildman–Crippen LogP) is 0.742. The fourth-order valence-electron chi connectivity index (χ4n) is 1.94. The molecule has 8 heteroatoms. The van der Waals surface area contributed by atoms with Gasteiger partial charge in [-0.25, -0.2) is 0 Å². The molecular formula is C12H12FN3O4. The van der Waals surface area contributed by atoms with Crippen LogP contribution in [0.4, 0.5) is 10.1 Å². The lowest BCUT2D eigenvalue weighted by Gasteiger charge is -2.11. The maximum atomic E-state index is 13.1. The van der Waals surface area contributed by atoms with Crippen molar-refractivity contribution in [2.45, 2.75) is 18.9 Å². The smallest absolute Gasteiger partial charge is 0.305 e. The molecule has 1 saturated heterocycles. The van der Waals surface area contributed by atoms with Crippen molar-refractivity contribution in [3.8, 4) is 0 Å². The lowest BCUT2D eigenvalue weighted by molar-refractivity contribution is -0.387. The van der Waals surface area contributed by atoms with Crippen molar-refractivity contribution in [3.05, 3.63) is 39.7 Å². The van der Waals surface area contributed by atoms with Gasteiger partial charge in [-0.3, -0.25) is 19.7 Å². The molecule has 1 aromatic rings. The van der Waals surface area contributed by atoms with Crippen molar-refractivity contribution in [2.24, 2.45) is 0 Å². The highest BCUT2D eigenvalue weighted by Gasteiger charge is 2.22. The molecule has 1 unspecified atom stereocenters. The van der Waals surface area contributed by atoms with Gasteiger partial charge in [-0.2, -0.15) is 4.39 Å². The van der Waals surface area contributed by atoms with Gasteiger partial charge in [0.1, 0.15) is 0 Å². The molecule has 20 heavy (non-hydrogen) atoms. The molecule has 1 aliphatic heterocycles. The zero-order valence-corrected chi connectivity index (χ0v) is 10.4. The standard InChI is InChI=1S/C12H12FN3O4/c13-9-3-1-7(5-10(9)16(19)20)12(18)14-6-8-2-4-11(17)15-8/h1,3,5,8H,2,4,6H2,(H,14,18)(H,15,17). The SMILES string of the molecule is O=C1CCC(CNC(=O)c2ccc(F)c([N+](=O)[O-])c2)N1. The number of carbonyl (C=O) groups is 2. The third-order valence-electron chi connectivity index (χ3n) is 3.00. The lowest BCUT2D eigenvalue weighted by Crippen LogP contribution is -2.38. The summed E-state index contributed by atoms with van der Waals surface area (Å²) in [5.41, 5.74) is -0.741. The second-order valence-corrected chi connectivity index (χ2v) is 4.44. The molecule has 0 aliphatic carbocycles. The molecule has 1 heterocycles. The number of carbonyl (C=O) groups excluding carboxylic acids is 2. The van der Waals surface area contributed by atoms with Crippen molar-refractivity contribution in [2.75, 3.05) is 6.54 Å². The third-order valence-corrected chi connectivity index (χ3v) is 3.00. The topological polar surface area (TPSA) is 101 Å². The van der Waals surface area contributed by atoms with E-state index in [9.17, 15) is 24.1 Å². The molecule has 0 aromatic heterocycles. The Balaban J connectivity index is 2.00. The first-order valence-electron chi connectivity index (χ1n) is 5.99. The van der Waals surface area contributed by atoms with E-state index in [-0.39, 0.29) is 24.1 Å².